The molecule has 0 radical (unpaired) electrons. The lowest BCUT2D eigenvalue weighted by Crippen LogP contribution is -2.45. The van der Waals surface area contributed by atoms with Gasteiger partial charge in [-0.1, -0.05) is 30.3 Å². The highest BCUT2D eigenvalue weighted by molar-refractivity contribution is 5.80. The molecule has 4 heteroatoms. The van der Waals surface area contributed by atoms with E-state index < -0.39 is 0 Å². The molecule has 0 aliphatic carbocycles. The van der Waals surface area contributed by atoms with Crippen LogP contribution in [0.15, 0.2) is 35.3 Å². The van der Waals surface area contributed by atoms with Gasteiger partial charge in [-0.25, -0.2) is 0 Å². The molecule has 4 nitrogen and oxygen atoms in total. The molecule has 1 saturated heterocycles. The minimum Gasteiger partial charge on any atom is -0.356 e. The molecule has 2 aliphatic rings. The monoisotopic (exact) mass is 286 g/mol. The fourth-order valence-corrected chi connectivity index (χ4v) is 3.10. The molecule has 0 aromatic heterocycles. The Balaban J connectivity index is 1.61. The van der Waals surface area contributed by atoms with Crippen LogP contribution in [0.1, 0.15) is 25.3 Å². The van der Waals surface area contributed by atoms with Crippen LogP contribution in [-0.4, -0.2) is 54.5 Å². The zero-order chi connectivity index (χ0) is 14.5. The molecule has 0 amide bonds. The SMILES string of the molecule is CC1CCN(C2=NCCCN2)CCN1Cc1ccccc1. The van der Waals surface area contributed by atoms with Gasteiger partial charge in [0.2, 0.25) is 0 Å². The second-order valence-electron chi connectivity index (χ2n) is 6.07. The average molecular weight is 286 g/mol. The second-order valence-corrected chi connectivity index (χ2v) is 6.07. The Labute approximate surface area is 127 Å². The van der Waals surface area contributed by atoms with Crippen molar-refractivity contribution in [1.29, 1.82) is 0 Å². The van der Waals surface area contributed by atoms with Crippen LogP contribution in [0.2, 0.25) is 0 Å². The van der Waals surface area contributed by atoms with Gasteiger partial charge in [0.1, 0.15) is 0 Å². The number of rotatable bonds is 2. The summed E-state index contributed by atoms with van der Waals surface area (Å²) in [6, 6.07) is 11.4. The van der Waals surface area contributed by atoms with Crippen LogP contribution < -0.4 is 5.32 Å². The van der Waals surface area contributed by atoms with Crippen molar-refractivity contribution in [2.75, 3.05) is 32.7 Å². The predicted octanol–water partition coefficient (Wildman–Crippen LogP) is 1.93. The first-order valence-electron chi connectivity index (χ1n) is 8.14. The molecular formula is C17H26N4. The Hall–Kier alpha value is -1.55. The van der Waals surface area contributed by atoms with Crippen LogP contribution in [0.3, 0.4) is 0 Å². The summed E-state index contributed by atoms with van der Waals surface area (Å²) in [5.41, 5.74) is 1.41. The molecule has 114 valence electrons. The number of hydrogen-bond donors (Lipinski definition) is 1. The molecule has 1 atom stereocenters. The molecule has 0 saturated carbocycles. The maximum absolute atomic E-state index is 4.64. The summed E-state index contributed by atoms with van der Waals surface area (Å²) in [5, 5.41) is 3.45. The van der Waals surface area contributed by atoms with E-state index in [1.807, 2.05) is 0 Å². The van der Waals surface area contributed by atoms with E-state index in [4.69, 9.17) is 0 Å². The van der Waals surface area contributed by atoms with E-state index in [9.17, 15) is 0 Å². The molecule has 21 heavy (non-hydrogen) atoms. The second kappa shape index (κ2) is 6.94. The van der Waals surface area contributed by atoms with E-state index in [1.165, 1.54) is 12.0 Å². The fraction of sp³-hybridized carbons (Fsp3) is 0.588. The van der Waals surface area contributed by atoms with Gasteiger partial charge in [0, 0.05) is 45.3 Å². The number of guanidine groups is 1. The Kier molecular flexibility index (Phi) is 4.76. The van der Waals surface area contributed by atoms with E-state index in [0.29, 0.717) is 6.04 Å². The minimum absolute atomic E-state index is 0.624. The van der Waals surface area contributed by atoms with Gasteiger partial charge in [-0.3, -0.25) is 9.89 Å². The van der Waals surface area contributed by atoms with Crippen LogP contribution >= 0.6 is 0 Å². The number of aliphatic imine (C=N–C) groups is 1. The van der Waals surface area contributed by atoms with Gasteiger partial charge in [-0.2, -0.15) is 0 Å². The molecular weight excluding hydrogens is 260 g/mol. The Bertz CT molecular complexity index is 471. The van der Waals surface area contributed by atoms with Crippen molar-refractivity contribution in [2.45, 2.75) is 32.4 Å². The first-order chi connectivity index (χ1) is 10.3. The van der Waals surface area contributed by atoms with Crippen molar-refractivity contribution in [1.82, 2.24) is 15.1 Å². The third-order valence-electron chi connectivity index (χ3n) is 4.50. The normalized spacial score (nSPS) is 24.1. The van der Waals surface area contributed by atoms with Crippen molar-refractivity contribution in [2.24, 2.45) is 4.99 Å². The lowest BCUT2D eigenvalue weighted by Gasteiger charge is -2.28. The maximum Gasteiger partial charge on any atom is 0.193 e. The molecule has 1 aromatic carbocycles. The van der Waals surface area contributed by atoms with Crippen LogP contribution in [0, 0.1) is 0 Å². The summed E-state index contributed by atoms with van der Waals surface area (Å²) in [6.07, 6.45) is 2.36. The first kappa shape index (κ1) is 14.4. The zero-order valence-electron chi connectivity index (χ0n) is 13.0. The quantitative estimate of drug-likeness (QED) is 0.901. The van der Waals surface area contributed by atoms with Crippen molar-refractivity contribution in [3.63, 3.8) is 0 Å². The fourth-order valence-electron chi connectivity index (χ4n) is 3.10. The van der Waals surface area contributed by atoms with Gasteiger partial charge in [-0.15, -0.1) is 0 Å². The standard InChI is InChI=1S/C17H26N4/c1-15-8-11-20(17-18-9-5-10-19-17)12-13-21(15)14-16-6-3-2-4-7-16/h2-4,6-7,15H,5,8-14H2,1H3,(H,18,19). The summed E-state index contributed by atoms with van der Waals surface area (Å²) < 4.78 is 0. The highest BCUT2D eigenvalue weighted by Gasteiger charge is 2.23. The van der Waals surface area contributed by atoms with Gasteiger partial charge in [-0.05, 0) is 25.3 Å². The molecule has 3 rings (SSSR count). The van der Waals surface area contributed by atoms with Crippen molar-refractivity contribution < 1.29 is 0 Å². The van der Waals surface area contributed by atoms with E-state index in [1.54, 1.807) is 0 Å². The molecule has 0 bridgehead atoms. The summed E-state index contributed by atoms with van der Waals surface area (Å²) in [5.74, 6) is 1.12. The highest BCUT2D eigenvalue weighted by atomic mass is 15.3. The van der Waals surface area contributed by atoms with Gasteiger partial charge in [0.05, 0.1) is 0 Å². The average Bonchev–Trinajstić information content (AvgIpc) is 2.72. The van der Waals surface area contributed by atoms with Gasteiger partial charge in [0.15, 0.2) is 5.96 Å². The van der Waals surface area contributed by atoms with E-state index in [-0.39, 0.29) is 0 Å². The number of nitrogens with one attached hydrogen (secondary N) is 1. The van der Waals surface area contributed by atoms with E-state index >= 15 is 0 Å². The third kappa shape index (κ3) is 3.76. The molecule has 1 N–H and O–H groups in total. The number of nitrogens with zero attached hydrogens (tertiary/aromatic N) is 3. The Morgan fingerprint density at radius 2 is 2.05 bits per heavy atom. The van der Waals surface area contributed by atoms with Crippen LogP contribution in [0.5, 0.6) is 0 Å². The number of benzene rings is 1. The molecule has 2 heterocycles. The Morgan fingerprint density at radius 1 is 1.19 bits per heavy atom. The third-order valence-corrected chi connectivity index (χ3v) is 4.50. The summed E-state index contributed by atoms with van der Waals surface area (Å²) >= 11 is 0. The maximum atomic E-state index is 4.64. The predicted molar refractivity (Wildman–Crippen MR) is 87.4 cm³/mol. The topological polar surface area (TPSA) is 30.9 Å². The van der Waals surface area contributed by atoms with Crippen LogP contribution in [-0.2, 0) is 6.54 Å². The largest absolute Gasteiger partial charge is 0.356 e. The zero-order valence-corrected chi connectivity index (χ0v) is 13.0. The van der Waals surface area contributed by atoms with Gasteiger partial charge in [0.25, 0.3) is 0 Å². The lowest BCUT2D eigenvalue weighted by atomic mass is 10.1. The minimum atomic E-state index is 0.624. The molecule has 1 fully saturated rings. The van der Waals surface area contributed by atoms with Gasteiger partial charge >= 0.3 is 0 Å². The van der Waals surface area contributed by atoms with Crippen LogP contribution in [0.4, 0.5) is 0 Å². The van der Waals surface area contributed by atoms with Crippen molar-refractivity contribution in [3.05, 3.63) is 35.9 Å². The molecule has 0 spiro atoms. The number of hydrogen-bond acceptors (Lipinski definition) is 4. The smallest absolute Gasteiger partial charge is 0.193 e. The van der Waals surface area contributed by atoms with Crippen molar-refractivity contribution >= 4 is 5.96 Å². The molecule has 1 unspecified atom stereocenters. The molecule has 2 aliphatic heterocycles. The van der Waals surface area contributed by atoms with Gasteiger partial charge < -0.3 is 10.2 Å². The summed E-state index contributed by atoms with van der Waals surface area (Å²) in [6.45, 7) is 8.73. The Morgan fingerprint density at radius 3 is 2.81 bits per heavy atom. The molecule has 1 aromatic rings. The van der Waals surface area contributed by atoms with Crippen LogP contribution in [0.25, 0.3) is 0 Å². The first-order valence-corrected chi connectivity index (χ1v) is 8.14. The van der Waals surface area contributed by atoms with E-state index in [2.05, 4.69) is 57.4 Å². The lowest BCUT2D eigenvalue weighted by molar-refractivity contribution is 0.210. The van der Waals surface area contributed by atoms with E-state index in [0.717, 1.165) is 51.6 Å². The van der Waals surface area contributed by atoms with Crippen molar-refractivity contribution in [3.8, 4) is 0 Å². The summed E-state index contributed by atoms with van der Waals surface area (Å²) in [7, 11) is 0. The highest BCUT2D eigenvalue weighted by Crippen LogP contribution is 2.15. The summed E-state index contributed by atoms with van der Waals surface area (Å²) in [4.78, 5) is 9.67.